The Hall–Kier alpha value is -1.23. The van der Waals surface area contributed by atoms with Crippen molar-refractivity contribution in [3.8, 4) is 5.75 Å². The molecular weight excluding hydrogens is 255 g/mol. The van der Waals surface area contributed by atoms with E-state index in [-0.39, 0.29) is 12.2 Å². The summed E-state index contributed by atoms with van der Waals surface area (Å²) in [5.41, 5.74) is -0.384. The van der Waals surface area contributed by atoms with Crippen LogP contribution in [0.5, 0.6) is 5.75 Å². The van der Waals surface area contributed by atoms with Gasteiger partial charge in [-0.15, -0.1) is 11.8 Å². The SMILES string of the molecule is COc1c(CC(C)(C)C(=O)O)cc(F)cc1SC. The predicted octanol–water partition coefficient (Wildman–Crippen LogP) is 3.21. The van der Waals surface area contributed by atoms with Crippen molar-refractivity contribution < 1.29 is 19.0 Å². The fourth-order valence-corrected chi connectivity index (χ4v) is 2.32. The second-order valence-corrected chi connectivity index (χ2v) is 5.51. The van der Waals surface area contributed by atoms with Crippen molar-refractivity contribution in [2.24, 2.45) is 5.41 Å². The molecule has 0 radical (unpaired) electrons. The van der Waals surface area contributed by atoms with Crippen LogP contribution in [0.3, 0.4) is 0 Å². The van der Waals surface area contributed by atoms with E-state index >= 15 is 0 Å². The molecule has 0 bridgehead atoms. The molecule has 0 unspecified atom stereocenters. The molecule has 0 amide bonds. The summed E-state index contributed by atoms with van der Waals surface area (Å²) in [5, 5.41) is 9.12. The summed E-state index contributed by atoms with van der Waals surface area (Å²) in [5.74, 6) is -0.742. The zero-order chi connectivity index (χ0) is 13.9. The van der Waals surface area contributed by atoms with E-state index in [0.717, 1.165) is 0 Å². The van der Waals surface area contributed by atoms with E-state index in [1.165, 1.54) is 31.0 Å². The van der Waals surface area contributed by atoms with E-state index in [0.29, 0.717) is 16.2 Å². The van der Waals surface area contributed by atoms with Gasteiger partial charge in [-0.2, -0.15) is 0 Å². The Morgan fingerprint density at radius 2 is 2.11 bits per heavy atom. The standard InChI is InChI=1S/C13H17FO3S/c1-13(2,12(15)16)7-8-5-9(14)6-10(18-4)11(8)17-3/h5-6H,7H2,1-4H3,(H,15,16). The van der Waals surface area contributed by atoms with Crippen molar-refractivity contribution in [1.29, 1.82) is 0 Å². The smallest absolute Gasteiger partial charge is 0.309 e. The summed E-state index contributed by atoms with van der Waals surface area (Å²) in [4.78, 5) is 11.8. The number of carbonyl (C=O) groups is 1. The van der Waals surface area contributed by atoms with Crippen molar-refractivity contribution >= 4 is 17.7 Å². The van der Waals surface area contributed by atoms with Crippen molar-refractivity contribution in [2.45, 2.75) is 25.2 Å². The van der Waals surface area contributed by atoms with E-state index in [1.807, 2.05) is 6.26 Å². The molecule has 18 heavy (non-hydrogen) atoms. The summed E-state index contributed by atoms with van der Waals surface area (Å²) >= 11 is 1.37. The van der Waals surface area contributed by atoms with Crippen molar-refractivity contribution in [2.75, 3.05) is 13.4 Å². The van der Waals surface area contributed by atoms with Crippen LogP contribution in [-0.4, -0.2) is 24.4 Å². The summed E-state index contributed by atoms with van der Waals surface area (Å²) < 4.78 is 18.8. The molecule has 1 aromatic rings. The molecule has 1 rings (SSSR count). The van der Waals surface area contributed by atoms with Crippen LogP contribution < -0.4 is 4.74 Å². The lowest BCUT2D eigenvalue weighted by Gasteiger charge is -2.21. The first-order valence-electron chi connectivity index (χ1n) is 5.45. The van der Waals surface area contributed by atoms with E-state index in [4.69, 9.17) is 9.84 Å². The first-order valence-corrected chi connectivity index (χ1v) is 6.68. The number of hydrogen-bond donors (Lipinski definition) is 1. The summed E-state index contributed by atoms with van der Waals surface area (Å²) in [6.45, 7) is 3.22. The third-order valence-corrected chi connectivity index (χ3v) is 3.48. The number of halogens is 1. The molecule has 1 N–H and O–H groups in total. The Morgan fingerprint density at radius 1 is 1.50 bits per heavy atom. The number of rotatable bonds is 5. The molecule has 0 saturated heterocycles. The van der Waals surface area contributed by atoms with Gasteiger partial charge in [-0.1, -0.05) is 0 Å². The number of ether oxygens (including phenoxy) is 1. The van der Waals surface area contributed by atoms with Crippen molar-refractivity contribution in [1.82, 2.24) is 0 Å². The lowest BCUT2D eigenvalue weighted by molar-refractivity contribution is -0.146. The lowest BCUT2D eigenvalue weighted by atomic mass is 9.85. The number of carboxylic acids is 1. The quantitative estimate of drug-likeness (QED) is 0.836. The molecule has 0 saturated carbocycles. The van der Waals surface area contributed by atoms with Gasteiger partial charge in [-0.3, -0.25) is 4.79 Å². The molecule has 0 aliphatic heterocycles. The lowest BCUT2D eigenvalue weighted by Crippen LogP contribution is -2.26. The second kappa shape index (κ2) is 5.61. The zero-order valence-electron chi connectivity index (χ0n) is 10.9. The maximum Gasteiger partial charge on any atom is 0.309 e. The summed E-state index contributed by atoms with van der Waals surface area (Å²) in [6.07, 6.45) is 2.04. The molecule has 0 atom stereocenters. The van der Waals surface area contributed by atoms with Gasteiger partial charge in [0.05, 0.1) is 17.4 Å². The van der Waals surface area contributed by atoms with Gasteiger partial charge in [0, 0.05) is 0 Å². The van der Waals surface area contributed by atoms with Crippen LogP contribution in [-0.2, 0) is 11.2 Å². The molecule has 0 fully saturated rings. The molecule has 0 aliphatic carbocycles. The predicted molar refractivity (Wildman–Crippen MR) is 69.9 cm³/mol. The van der Waals surface area contributed by atoms with E-state index < -0.39 is 11.4 Å². The number of aliphatic carboxylic acids is 1. The summed E-state index contributed by atoms with van der Waals surface area (Å²) in [7, 11) is 1.50. The minimum atomic E-state index is -0.962. The van der Waals surface area contributed by atoms with Crippen LogP contribution in [0.4, 0.5) is 4.39 Å². The normalized spacial score (nSPS) is 11.4. The molecule has 3 nitrogen and oxygen atoms in total. The largest absolute Gasteiger partial charge is 0.495 e. The average Bonchev–Trinajstić information content (AvgIpc) is 2.27. The Bertz CT molecular complexity index is 458. The van der Waals surface area contributed by atoms with Gasteiger partial charge in [-0.25, -0.2) is 4.39 Å². The third-order valence-electron chi connectivity index (χ3n) is 2.73. The Labute approximate surface area is 110 Å². The van der Waals surface area contributed by atoms with E-state index in [1.54, 1.807) is 13.8 Å². The van der Waals surface area contributed by atoms with Crippen LogP contribution in [0.15, 0.2) is 17.0 Å². The molecule has 1 aromatic carbocycles. The number of hydrogen-bond acceptors (Lipinski definition) is 3. The second-order valence-electron chi connectivity index (χ2n) is 4.67. The highest BCUT2D eigenvalue weighted by Crippen LogP contribution is 2.36. The van der Waals surface area contributed by atoms with Crippen molar-refractivity contribution in [3.05, 3.63) is 23.5 Å². The van der Waals surface area contributed by atoms with Gasteiger partial charge in [0.1, 0.15) is 11.6 Å². The highest BCUT2D eigenvalue weighted by Gasteiger charge is 2.29. The summed E-state index contributed by atoms with van der Waals surface area (Å²) in [6, 6.07) is 2.73. The number of methoxy groups -OCH3 is 1. The fourth-order valence-electron chi connectivity index (χ4n) is 1.69. The maximum atomic E-state index is 13.5. The van der Waals surface area contributed by atoms with E-state index in [9.17, 15) is 9.18 Å². The number of benzene rings is 1. The highest BCUT2D eigenvalue weighted by molar-refractivity contribution is 7.98. The van der Waals surface area contributed by atoms with Crippen molar-refractivity contribution in [3.63, 3.8) is 0 Å². The Morgan fingerprint density at radius 3 is 2.56 bits per heavy atom. The molecule has 5 heteroatoms. The Kier molecular flexibility index (Phi) is 4.62. The molecular formula is C13H17FO3S. The molecule has 0 heterocycles. The first-order chi connectivity index (χ1) is 8.31. The van der Waals surface area contributed by atoms with Crippen LogP contribution >= 0.6 is 11.8 Å². The van der Waals surface area contributed by atoms with Gasteiger partial charge in [0.2, 0.25) is 0 Å². The maximum absolute atomic E-state index is 13.5. The molecule has 0 spiro atoms. The molecule has 0 aliphatic rings. The topological polar surface area (TPSA) is 46.5 Å². The minimum absolute atomic E-state index is 0.219. The number of carboxylic acid groups (broad SMARTS) is 1. The third kappa shape index (κ3) is 3.16. The zero-order valence-corrected chi connectivity index (χ0v) is 11.7. The highest BCUT2D eigenvalue weighted by atomic mass is 32.2. The minimum Gasteiger partial charge on any atom is -0.495 e. The van der Waals surface area contributed by atoms with Gasteiger partial charge in [-0.05, 0) is 44.2 Å². The van der Waals surface area contributed by atoms with E-state index in [2.05, 4.69) is 0 Å². The van der Waals surface area contributed by atoms with Crippen LogP contribution in [0, 0.1) is 11.2 Å². The fraction of sp³-hybridized carbons (Fsp3) is 0.462. The van der Waals surface area contributed by atoms with Crippen LogP contribution in [0.1, 0.15) is 19.4 Å². The van der Waals surface area contributed by atoms with Gasteiger partial charge in [0.25, 0.3) is 0 Å². The van der Waals surface area contributed by atoms with Gasteiger partial charge >= 0.3 is 5.97 Å². The Balaban J connectivity index is 3.23. The van der Waals surface area contributed by atoms with Crippen LogP contribution in [0.25, 0.3) is 0 Å². The monoisotopic (exact) mass is 272 g/mol. The van der Waals surface area contributed by atoms with Crippen LogP contribution in [0.2, 0.25) is 0 Å². The van der Waals surface area contributed by atoms with Gasteiger partial charge in [0.15, 0.2) is 0 Å². The van der Waals surface area contributed by atoms with Gasteiger partial charge < -0.3 is 9.84 Å². The molecule has 0 aromatic heterocycles. The number of thioether (sulfide) groups is 1. The molecule has 100 valence electrons. The average molecular weight is 272 g/mol. The first kappa shape index (κ1) is 14.8.